The van der Waals surface area contributed by atoms with E-state index in [2.05, 4.69) is 39.8 Å². The predicted molar refractivity (Wildman–Crippen MR) is 95.5 cm³/mol. The van der Waals surface area contributed by atoms with Crippen molar-refractivity contribution in [2.24, 2.45) is 0 Å². The first-order valence-electron chi connectivity index (χ1n) is 9.04. The van der Waals surface area contributed by atoms with E-state index in [0.29, 0.717) is 0 Å². The summed E-state index contributed by atoms with van der Waals surface area (Å²) in [5.41, 5.74) is 5.02. The molecule has 0 bridgehead atoms. The van der Waals surface area contributed by atoms with E-state index in [1.54, 1.807) is 0 Å². The molecule has 0 saturated heterocycles. The molecule has 0 aliphatic rings. The molecule has 0 spiro atoms. The maximum Gasteiger partial charge on any atom is 0.0503 e. The van der Waals surface area contributed by atoms with Gasteiger partial charge in [-0.15, -0.1) is 0 Å². The van der Waals surface area contributed by atoms with E-state index >= 15 is 0 Å². The highest BCUT2D eigenvalue weighted by Crippen LogP contribution is 2.26. The zero-order valence-corrected chi connectivity index (χ0v) is 14.7. The van der Waals surface area contributed by atoms with Gasteiger partial charge in [-0.3, -0.25) is 9.97 Å². The van der Waals surface area contributed by atoms with Crippen molar-refractivity contribution in [3.8, 4) is 0 Å². The summed E-state index contributed by atoms with van der Waals surface area (Å²) in [4.78, 5) is 9.92. The first-order chi connectivity index (χ1) is 10.7. The second kappa shape index (κ2) is 8.26. The predicted octanol–water partition coefficient (Wildman–Crippen LogP) is 5.44. The Labute approximate surface area is 135 Å². The molecule has 0 amide bonds. The molecule has 2 heteroatoms. The van der Waals surface area contributed by atoms with Crippen molar-refractivity contribution < 1.29 is 0 Å². The van der Waals surface area contributed by atoms with Crippen LogP contribution in [-0.4, -0.2) is 9.97 Å². The van der Waals surface area contributed by atoms with Crippen LogP contribution in [0, 0.1) is 0 Å². The standard InChI is InChI=1S/C20H30N2/c1-5-9-16-13-15-14-17(10-6-2)22-19(12-8-4)20(15)18(21-16)11-7-3/h13-14H,5-12H2,1-4H3. The number of fused-ring (bicyclic) bond motifs is 1. The molecule has 2 aromatic heterocycles. The van der Waals surface area contributed by atoms with Crippen molar-refractivity contribution in [3.05, 3.63) is 34.9 Å². The van der Waals surface area contributed by atoms with Gasteiger partial charge in [0.05, 0.1) is 11.4 Å². The van der Waals surface area contributed by atoms with Crippen LogP contribution in [0.5, 0.6) is 0 Å². The van der Waals surface area contributed by atoms with Gasteiger partial charge in [0.15, 0.2) is 0 Å². The van der Waals surface area contributed by atoms with Crippen LogP contribution in [0.25, 0.3) is 10.8 Å². The molecule has 22 heavy (non-hydrogen) atoms. The van der Waals surface area contributed by atoms with E-state index < -0.39 is 0 Å². The van der Waals surface area contributed by atoms with Crippen molar-refractivity contribution in [2.75, 3.05) is 0 Å². The number of hydrogen-bond acceptors (Lipinski definition) is 2. The molecule has 120 valence electrons. The minimum atomic E-state index is 1.06. The zero-order valence-electron chi connectivity index (χ0n) is 14.7. The summed E-state index contributed by atoms with van der Waals surface area (Å²) in [5.74, 6) is 0. The average Bonchev–Trinajstić information content (AvgIpc) is 2.48. The average molecular weight is 298 g/mol. The topological polar surface area (TPSA) is 25.8 Å². The fourth-order valence-electron chi connectivity index (χ4n) is 3.17. The van der Waals surface area contributed by atoms with Gasteiger partial charge < -0.3 is 0 Å². The molecular formula is C20H30N2. The van der Waals surface area contributed by atoms with E-state index in [1.807, 2.05) is 0 Å². The van der Waals surface area contributed by atoms with Gasteiger partial charge in [0.25, 0.3) is 0 Å². The van der Waals surface area contributed by atoms with Crippen LogP contribution in [0.1, 0.15) is 76.2 Å². The Morgan fingerprint density at radius 2 is 1.05 bits per heavy atom. The quantitative estimate of drug-likeness (QED) is 0.648. The van der Waals surface area contributed by atoms with Crippen molar-refractivity contribution in [3.63, 3.8) is 0 Å². The fourth-order valence-corrected chi connectivity index (χ4v) is 3.17. The van der Waals surface area contributed by atoms with E-state index in [1.165, 1.54) is 33.5 Å². The SMILES string of the molecule is CCCc1cc2cc(CCC)nc(CCC)c2c(CCC)n1. The van der Waals surface area contributed by atoms with Gasteiger partial charge >= 0.3 is 0 Å². The lowest BCUT2D eigenvalue weighted by atomic mass is 9.99. The molecule has 0 N–H and O–H groups in total. The van der Waals surface area contributed by atoms with Crippen LogP contribution < -0.4 is 0 Å². The van der Waals surface area contributed by atoms with Crippen molar-refractivity contribution in [2.45, 2.75) is 79.1 Å². The Kier molecular flexibility index (Phi) is 6.35. The molecule has 0 fully saturated rings. The molecule has 0 radical (unpaired) electrons. The first-order valence-corrected chi connectivity index (χ1v) is 9.04. The van der Waals surface area contributed by atoms with Crippen molar-refractivity contribution in [1.82, 2.24) is 9.97 Å². The number of nitrogens with zero attached hydrogens (tertiary/aromatic N) is 2. The van der Waals surface area contributed by atoms with Gasteiger partial charge in [-0.1, -0.05) is 53.4 Å². The number of pyridine rings is 2. The molecule has 0 saturated carbocycles. The van der Waals surface area contributed by atoms with Crippen LogP contribution in [0.15, 0.2) is 12.1 Å². The Morgan fingerprint density at radius 1 is 0.636 bits per heavy atom. The maximum absolute atomic E-state index is 4.96. The highest BCUT2D eigenvalue weighted by Gasteiger charge is 2.12. The fraction of sp³-hybridized carbons (Fsp3) is 0.600. The van der Waals surface area contributed by atoms with Gasteiger partial charge in [-0.25, -0.2) is 0 Å². The third-order valence-electron chi connectivity index (χ3n) is 4.05. The first kappa shape index (κ1) is 16.9. The highest BCUT2D eigenvalue weighted by atomic mass is 14.8. The van der Waals surface area contributed by atoms with E-state index in [9.17, 15) is 0 Å². The third kappa shape index (κ3) is 3.85. The van der Waals surface area contributed by atoms with Gasteiger partial charge in [0.1, 0.15) is 0 Å². The Bertz CT molecular complexity index is 566. The zero-order chi connectivity index (χ0) is 15.9. The Hall–Kier alpha value is -1.44. The van der Waals surface area contributed by atoms with E-state index in [-0.39, 0.29) is 0 Å². The molecule has 0 atom stereocenters. The van der Waals surface area contributed by atoms with Crippen molar-refractivity contribution in [1.29, 1.82) is 0 Å². The van der Waals surface area contributed by atoms with Crippen LogP contribution in [-0.2, 0) is 25.7 Å². The van der Waals surface area contributed by atoms with Crippen molar-refractivity contribution >= 4 is 10.8 Å². The van der Waals surface area contributed by atoms with Gasteiger partial charge in [0.2, 0.25) is 0 Å². The Balaban J connectivity index is 2.65. The van der Waals surface area contributed by atoms with Gasteiger partial charge in [-0.2, -0.15) is 0 Å². The lowest BCUT2D eigenvalue weighted by Gasteiger charge is -2.14. The smallest absolute Gasteiger partial charge is 0.0503 e. The molecule has 2 heterocycles. The lowest BCUT2D eigenvalue weighted by molar-refractivity contribution is 0.820. The minimum absolute atomic E-state index is 1.06. The summed E-state index contributed by atoms with van der Waals surface area (Å²) in [5, 5.41) is 2.70. The van der Waals surface area contributed by atoms with Crippen LogP contribution in [0.2, 0.25) is 0 Å². The van der Waals surface area contributed by atoms with E-state index in [4.69, 9.17) is 9.97 Å². The summed E-state index contributed by atoms with van der Waals surface area (Å²) < 4.78 is 0. The number of hydrogen-bond donors (Lipinski definition) is 0. The molecule has 0 aliphatic heterocycles. The maximum atomic E-state index is 4.96. The van der Waals surface area contributed by atoms with Gasteiger partial charge in [0, 0.05) is 16.8 Å². The monoisotopic (exact) mass is 298 g/mol. The normalized spacial score (nSPS) is 11.3. The minimum Gasteiger partial charge on any atom is -0.257 e. The summed E-state index contributed by atoms with van der Waals surface area (Å²) in [7, 11) is 0. The van der Waals surface area contributed by atoms with Crippen LogP contribution in [0.4, 0.5) is 0 Å². The lowest BCUT2D eigenvalue weighted by Crippen LogP contribution is -2.04. The largest absolute Gasteiger partial charge is 0.257 e. The molecule has 0 aliphatic carbocycles. The third-order valence-corrected chi connectivity index (χ3v) is 4.05. The number of rotatable bonds is 8. The second-order valence-corrected chi connectivity index (χ2v) is 6.22. The van der Waals surface area contributed by atoms with Crippen LogP contribution >= 0.6 is 0 Å². The van der Waals surface area contributed by atoms with Gasteiger partial charge in [-0.05, 0) is 43.2 Å². The molecule has 2 aromatic rings. The van der Waals surface area contributed by atoms with E-state index in [0.717, 1.165) is 51.4 Å². The second-order valence-electron chi connectivity index (χ2n) is 6.22. The summed E-state index contributed by atoms with van der Waals surface area (Å²) in [6.07, 6.45) is 8.83. The summed E-state index contributed by atoms with van der Waals surface area (Å²) >= 11 is 0. The molecule has 2 rings (SSSR count). The van der Waals surface area contributed by atoms with Crippen LogP contribution in [0.3, 0.4) is 0 Å². The molecule has 0 aromatic carbocycles. The summed E-state index contributed by atoms with van der Waals surface area (Å²) in [6, 6.07) is 4.61. The number of aryl methyl sites for hydroxylation is 4. The Morgan fingerprint density at radius 3 is 1.41 bits per heavy atom. The summed E-state index contributed by atoms with van der Waals surface area (Å²) in [6.45, 7) is 8.92. The highest BCUT2D eigenvalue weighted by molar-refractivity contribution is 5.87. The molecular weight excluding hydrogens is 268 g/mol. The molecule has 2 nitrogen and oxygen atoms in total. The number of aromatic nitrogens is 2. The molecule has 0 unspecified atom stereocenters.